The molecule has 0 aliphatic heterocycles. The van der Waals surface area contributed by atoms with E-state index in [1.54, 1.807) is 12.1 Å². The highest BCUT2D eigenvalue weighted by molar-refractivity contribution is 7.92. The van der Waals surface area contributed by atoms with Crippen LogP contribution in [0.15, 0.2) is 102 Å². The maximum absolute atomic E-state index is 13.2. The molecule has 0 aliphatic carbocycles. The van der Waals surface area contributed by atoms with Crippen molar-refractivity contribution in [1.82, 2.24) is 4.98 Å². The molecule has 38 heavy (non-hydrogen) atoms. The Morgan fingerprint density at radius 2 is 1.53 bits per heavy atom. The molecule has 2 N–H and O–H groups in total. The lowest BCUT2D eigenvalue weighted by Gasteiger charge is -2.22. The predicted molar refractivity (Wildman–Crippen MR) is 143 cm³/mol. The molecule has 0 aliphatic rings. The fourth-order valence-electron chi connectivity index (χ4n) is 3.49. The predicted octanol–water partition coefficient (Wildman–Crippen LogP) is 4.24. The zero-order valence-corrected chi connectivity index (χ0v) is 21.7. The summed E-state index contributed by atoms with van der Waals surface area (Å²) in [4.78, 5) is 16.6. The number of anilines is 3. The van der Waals surface area contributed by atoms with E-state index in [2.05, 4.69) is 15.0 Å². The lowest BCUT2D eigenvalue weighted by atomic mass is 10.1. The van der Waals surface area contributed by atoms with Gasteiger partial charge in [-0.25, -0.2) is 21.2 Å². The average molecular weight is 555 g/mol. The Balaban J connectivity index is 1.44. The Bertz CT molecular complexity index is 1630. The number of hydrogen-bond acceptors (Lipinski definition) is 6. The maximum atomic E-state index is 13.2. The number of carbonyl (C=O) groups excluding carboxylic acids is 1. The number of hydrogen-bond donors (Lipinski definition) is 2. The molecular formula is C26H23FN4O5S2. The van der Waals surface area contributed by atoms with Gasteiger partial charge in [-0.3, -0.25) is 18.8 Å². The molecular weight excluding hydrogens is 531 g/mol. The molecule has 0 fully saturated rings. The third-order valence-electron chi connectivity index (χ3n) is 5.39. The molecule has 1 amide bonds. The van der Waals surface area contributed by atoms with Crippen LogP contribution in [0.1, 0.15) is 15.9 Å². The smallest absolute Gasteiger partial charge is 0.261 e. The number of carbonyl (C=O) groups is 1. The first-order valence-electron chi connectivity index (χ1n) is 11.2. The van der Waals surface area contributed by atoms with Gasteiger partial charge in [-0.05, 0) is 78.4 Å². The number of aromatic nitrogens is 1. The first-order valence-corrected chi connectivity index (χ1v) is 14.5. The second kappa shape index (κ2) is 11.0. The zero-order valence-electron chi connectivity index (χ0n) is 20.1. The Hall–Kier alpha value is -4.29. The summed E-state index contributed by atoms with van der Waals surface area (Å²) >= 11 is 0. The molecule has 3 aromatic carbocycles. The minimum Gasteiger partial charge on any atom is -0.322 e. The number of nitrogens with one attached hydrogen (secondary N) is 2. The number of halogens is 1. The van der Waals surface area contributed by atoms with E-state index in [1.807, 2.05) is 0 Å². The first kappa shape index (κ1) is 26.8. The van der Waals surface area contributed by atoms with Gasteiger partial charge in [0.15, 0.2) is 0 Å². The van der Waals surface area contributed by atoms with E-state index in [9.17, 15) is 26.0 Å². The summed E-state index contributed by atoms with van der Waals surface area (Å²) in [6.45, 7) is -0.00441. The summed E-state index contributed by atoms with van der Waals surface area (Å²) in [5.74, 6) is -0.891. The van der Waals surface area contributed by atoms with Crippen LogP contribution in [0.5, 0.6) is 0 Å². The lowest BCUT2D eigenvalue weighted by molar-refractivity contribution is 0.102. The minimum atomic E-state index is -3.84. The van der Waals surface area contributed by atoms with Gasteiger partial charge < -0.3 is 5.32 Å². The van der Waals surface area contributed by atoms with Crippen LogP contribution < -0.4 is 14.3 Å². The topological polar surface area (TPSA) is 126 Å². The van der Waals surface area contributed by atoms with Crippen molar-refractivity contribution in [1.29, 1.82) is 0 Å². The van der Waals surface area contributed by atoms with Crippen LogP contribution in [0.25, 0.3) is 0 Å². The van der Waals surface area contributed by atoms with Gasteiger partial charge in [0, 0.05) is 17.4 Å². The number of nitrogens with zero attached hydrogens (tertiary/aromatic N) is 2. The van der Waals surface area contributed by atoms with Crippen molar-refractivity contribution >= 4 is 43.0 Å². The van der Waals surface area contributed by atoms with Crippen molar-refractivity contribution in [2.75, 3.05) is 20.6 Å². The minimum absolute atomic E-state index is 0.00441. The van der Waals surface area contributed by atoms with Gasteiger partial charge in [0.1, 0.15) is 5.82 Å². The molecule has 0 saturated heterocycles. The monoisotopic (exact) mass is 554 g/mol. The summed E-state index contributed by atoms with van der Waals surface area (Å²) < 4.78 is 66.7. The highest BCUT2D eigenvalue weighted by Crippen LogP contribution is 2.23. The number of sulfonamides is 2. The molecule has 196 valence electrons. The normalized spacial score (nSPS) is 11.5. The van der Waals surface area contributed by atoms with Crippen molar-refractivity contribution < 1.29 is 26.0 Å². The van der Waals surface area contributed by atoms with Gasteiger partial charge >= 0.3 is 0 Å². The van der Waals surface area contributed by atoms with Gasteiger partial charge in [0.05, 0.1) is 35.3 Å². The van der Waals surface area contributed by atoms with Gasteiger partial charge in [0.25, 0.3) is 15.9 Å². The summed E-state index contributed by atoms with van der Waals surface area (Å²) in [6.07, 6.45) is 3.97. The Labute approximate surface area is 220 Å². The molecule has 0 spiro atoms. The maximum Gasteiger partial charge on any atom is 0.261 e. The molecule has 0 atom stereocenters. The number of rotatable bonds is 9. The largest absolute Gasteiger partial charge is 0.322 e. The highest BCUT2D eigenvalue weighted by Gasteiger charge is 2.19. The van der Waals surface area contributed by atoms with Crippen LogP contribution in [0.4, 0.5) is 21.5 Å². The molecule has 9 nitrogen and oxygen atoms in total. The van der Waals surface area contributed by atoms with Gasteiger partial charge in [0.2, 0.25) is 10.0 Å². The summed E-state index contributed by atoms with van der Waals surface area (Å²) in [5.41, 5.74) is 1.89. The quantitative estimate of drug-likeness (QED) is 0.319. The highest BCUT2D eigenvalue weighted by atomic mass is 32.2. The Morgan fingerprint density at radius 3 is 2.11 bits per heavy atom. The van der Waals surface area contributed by atoms with Crippen molar-refractivity contribution in [3.8, 4) is 0 Å². The fraction of sp³-hybridized carbons (Fsp3) is 0.0769. The third kappa shape index (κ3) is 6.72. The van der Waals surface area contributed by atoms with E-state index in [4.69, 9.17) is 0 Å². The molecule has 12 heteroatoms. The molecule has 0 saturated carbocycles. The van der Waals surface area contributed by atoms with E-state index in [0.29, 0.717) is 22.6 Å². The van der Waals surface area contributed by atoms with Crippen LogP contribution in [0, 0.1) is 5.82 Å². The molecule has 1 aromatic heterocycles. The Morgan fingerprint density at radius 1 is 0.868 bits per heavy atom. The standard InChI is InChI=1S/C26H23FN4O5S2/c1-37(33,34)31(18-19-4-8-21(27)9-5-19)24-12-6-20(7-13-24)26(32)29-22-10-14-25(15-11-22)38(35,36)30-23-3-2-16-28-17-23/h2-17,30H,18H2,1H3,(H,29,32). The van der Waals surface area contributed by atoms with E-state index >= 15 is 0 Å². The SMILES string of the molecule is CS(=O)(=O)N(Cc1ccc(F)cc1)c1ccc(C(=O)Nc2ccc(S(=O)(=O)Nc3cccnc3)cc2)cc1. The van der Waals surface area contributed by atoms with E-state index < -0.39 is 31.8 Å². The number of pyridine rings is 1. The van der Waals surface area contributed by atoms with Crippen LogP contribution in [0.2, 0.25) is 0 Å². The summed E-state index contributed by atoms with van der Waals surface area (Å²) in [5, 5.41) is 2.68. The fourth-order valence-corrected chi connectivity index (χ4v) is 5.42. The molecule has 0 unspecified atom stereocenters. The molecule has 0 bridgehead atoms. The van der Waals surface area contributed by atoms with Crippen LogP contribution >= 0.6 is 0 Å². The second-order valence-corrected chi connectivity index (χ2v) is 11.9. The third-order valence-corrected chi connectivity index (χ3v) is 7.93. The summed E-state index contributed by atoms with van der Waals surface area (Å²) in [7, 11) is -7.50. The Kier molecular flexibility index (Phi) is 7.74. The van der Waals surface area contributed by atoms with Gasteiger partial charge in [-0.15, -0.1) is 0 Å². The molecule has 0 radical (unpaired) electrons. The first-order chi connectivity index (χ1) is 18.0. The zero-order chi connectivity index (χ0) is 27.3. The van der Waals surface area contributed by atoms with Crippen molar-refractivity contribution in [3.63, 3.8) is 0 Å². The molecule has 4 rings (SSSR count). The van der Waals surface area contributed by atoms with Crippen molar-refractivity contribution in [3.05, 3.63) is 114 Å². The number of amides is 1. The lowest BCUT2D eigenvalue weighted by Crippen LogP contribution is -2.29. The summed E-state index contributed by atoms with van der Waals surface area (Å²) in [6, 6.07) is 20.3. The number of benzene rings is 3. The van der Waals surface area contributed by atoms with E-state index in [-0.39, 0.29) is 17.0 Å². The van der Waals surface area contributed by atoms with Gasteiger partial charge in [-0.2, -0.15) is 0 Å². The van der Waals surface area contributed by atoms with Crippen LogP contribution in [-0.4, -0.2) is 34.0 Å². The van der Waals surface area contributed by atoms with Crippen molar-refractivity contribution in [2.24, 2.45) is 0 Å². The van der Waals surface area contributed by atoms with Crippen molar-refractivity contribution in [2.45, 2.75) is 11.4 Å². The van der Waals surface area contributed by atoms with E-state index in [0.717, 1.165) is 10.6 Å². The van der Waals surface area contributed by atoms with Gasteiger partial charge in [-0.1, -0.05) is 12.1 Å². The van der Waals surface area contributed by atoms with Crippen LogP contribution in [0.3, 0.4) is 0 Å². The molecule has 1 heterocycles. The second-order valence-electron chi connectivity index (χ2n) is 8.27. The average Bonchev–Trinajstić information content (AvgIpc) is 2.88. The van der Waals surface area contributed by atoms with Crippen LogP contribution in [-0.2, 0) is 26.6 Å². The molecule has 4 aromatic rings. The van der Waals surface area contributed by atoms with E-state index in [1.165, 1.54) is 85.2 Å².